The van der Waals surface area contributed by atoms with E-state index in [1.165, 1.54) is 6.42 Å². The van der Waals surface area contributed by atoms with Crippen LogP contribution < -0.4 is 10.1 Å². The maximum atomic E-state index is 13.1. The smallest absolute Gasteiger partial charge is 0.255 e. The summed E-state index contributed by atoms with van der Waals surface area (Å²) in [6, 6.07) is 3.65. The van der Waals surface area contributed by atoms with Crippen molar-refractivity contribution in [2.45, 2.75) is 65.1 Å². The Hall–Kier alpha value is -2.96. The number of carbonyl (C=O) groups excluding carboxylic acids is 2. The minimum atomic E-state index is -0.147. The quantitative estimate of drug-likeness (QED) is 0.761. The molecule has 2 aromatic heterocycles. The molecule has 1 fully saturated rings. The van der Waals surface area contributed by atoms with Crippen LogP contribution in [-0.2, 0) is 17.8 Å². The molecule has 0 radical (unpaired) electrons. The van der Waals surface area contributed by atoms with Crippen LogP contribution in [0.15, 0.2) is 24.5 Å². The Bertz CT molecular complexity index is 971. The maximum Gasteiger partial charge on any atom is 0.255 e. The van der Waals surface area contributed by atoms with E-state index in [0.717, 1.165) is 29.5 Å². The molecule has 4 rings (SSSR count). The molecule has 0 spiro atoms. The molecule has 7 nitrogen and oxygen atoms in total. The zero-order chi connectivity index (χ0) is 21.3. The second-order valence-corrected chi connectivity index (χ2v) is 8.08. The first kappa shape index (κ1) is 20.3. The number of amides is 2. The van der Waals surface area contributed by atoms with Gasteiger partial charge in [-0.05, 0) is 57.7 Å². The molecule has 1 atom stereocenters. The highest BCUT2D eigenvalue weighted by atomic mass is 16.5. The van der Waals surface area contributed by atoms with Crippen LogP contribution in [0.5, 0.6) is 5.88 Å². The standard InChI is InChI=1S/C23H28N4O3/c1-4-24-21(28)11-20-19-13-27(23(29)18(19)8-9-25-20)15(3)16-10-14(2)22(26-12-16)30-17-6-5-7-17/h8-10,12,15,17H,4-7,11,13H2,1-3H3,(H,24,28). The molecule has 2 aliphatic rings. The third-order valence-corrected chi connectivity index (χ3v) is 6.00. The molecule has 2 amide bonds. The maximum absolute atomic E-state index is 13.1. The van der Waals surface area contributed by atoms with E-state index in [0.29, 0.717) is 30.2 Å². The first-order valence-electron chi connectivity index (χ1n) is 10.7. The molecule has 1 N–H and O–H groups in total. The zero-order valence-electron chi connectivity index (χ0n) is 17.8. The summed E-state index contributed by atoms with van der Waals surface area (Å²) < 4.78 is 5.95. The van der Waals surface area contributed by atoms with Crippen molar-refractivity contribution in [3.05, 3.63) is 52.5 Å². The fourth-order valence-electron chi connectivity index (χ4n) is 3.95. The molecule has 0 aromatic carbocycles. The number of fused-ring (bicyclic) bond motifs is 1. The number of hydrogen-bond acceptors (Lipinski definition) is 5. The Morgan fingerprint density at radius 1 is 1.37 bits per heavy atom. The third kappa shape index (κ3) is 3.88. The van der Waals surface area contributed by atoms with Gasteiger partial charge in [0.15, 0.2) is 0 Å². The number of ether oxygens (including phenoxy) is 1. The molecule has 0 saturated heterocycles. The van der Waals surface area contributed by atoms with Gasteiger partial charge in [-0.3, -0.25) is 14.6 Å². The second-order valence-electron chi connectivity index (χ2n) is 8.08. The monoisotopic (exact) mass is 408 g/mol. The van der Waals surface area contributed by atoms with Crippen LogP contribution in [0, 0.1) is 6.92 Å². The van der Waals surface area contributed by atoms with Gasteiger partial charge >= 0.3 is 0 Å². The average molecular weight is 409 g/mol. The van der Waals surface area contributed by atoms with Gasteiger partial charge in [-0.2, -0.15) is 0 Å². The molecule has 1 saturated carbocycles. The minimum absolute atomic E-state index is 0.0375. The number of rotatable bonds is 7. The molecule has 0 bridgehead atoms. The van der Waals surface area contributed by atoms with Gasteiger partial charge in [-0.15, -0.1) is 0 Å². The van der Waals surface area contributed by atoms with Crippen molar-refractivity contribution < 1.29 is 14.3 Å². The summed E-state index contributed by atoms with van der Waals surface area (Å²) >= 11 is 0. The number of hydrogen-bond donors (Lipinski definition) is 1. The molecule has 1 aliphatic carbocycles. The average Bonchev–Trinajstić information content (AvgIpc) is 3.03. The predicted molar refractivity (Wildman–Crippen MR) is 112 cm³/mol. The normalized spacial score (nSPS) is 16.8. The lowest BCUT2D eigenvalue weighted by atomic mass is 9.96. The Balaban J connectivity index is 1.52. The number of pyridine rings is 2. The molecule has 1 unspecified atom stereocenters. The second kappa shape index (κ2) is 8.42. The summed E-state index contributed by atoms with van der Waals surface area (Å²) in [5.41, 5.74) is 4.09. The molecule has 1 aliphatic heterocycles. The Morgan fingerprint density at radius 2 is 2.17 bits per heavy atom. The number of aromatic nitrogens is 2. The van der Waals surface area contributed by atoms with Crippen LogP contribution >= 0.6 is 0 Å². The molecule has 3 heterocycles. The highest BCUT2D eigenvalue weighted by molar-refractivity contribution is 5.99. The highest BCUT2D eigenvalue weighted by Crippen LogP contribution is 2.34. The molecule has 2 aromatic rings. The summed E-state index contributed by atoms with van der Waals surface area (Å²) in [5.74, 6) is 0.559. The van der Waals surface area contributed by atoms with Gasteiger partial charge in [0, 0.05) is 42.2 Å². The number of likely N-dealkylation sites (N-methyl/N-ethyl adjacent to an activating group) is 1. The SMILES string of the molecule is CCNC(=O)Cc1nccc2c1CN(C(C)c1cnc(OC3CCC3)c(C)c1)C2=O. The van der Waals surface area contributed by atoms with Gasteiger partial charge in [0.2, 0.25) is 11.8 Å². The number of aryl methyl sites for hydroxylation is 1. The summed E-state index contributed by atoms with van der Waals surface area (Å²) in [5, 5.41) is 2.79. The van der Waals surface area contributed by atoms with Gasteiger partial charge in [0.05, 0.1) is 18.2 Å². The summed E-state index contributed by atoms with van der Waals surface area (Å²) in [4.78, 5) is 35.8. The first-order valence-corrected chi connectivity index (χ1v) is 10.7. The van der Waals surface area contributed by atoms with E-state index >= 15 is 0 Å². The molecular weight excluding hydrogens is 380 g/mol. The van der Waals surface area contributed by atoms with E-state index in [1.807, 2.05) is 25.7 Å². The third-order valence-electron chi connectivity index (χ3n) is 6.00. The number of nitrogens with zero attached hydrogens (tertiary/aromatic N) is 3. The first-order chi connectivity index (χ1) is 14.5. The van der Waals surface area contributed by atoms with E-state index in [2.05, 4.69) is 21.4 Å². The van der Waals surface area contributed by atoms with Crippen LogP contribution in [0.2, 0.25) is 0 Å². The molecular formula is C23H28N4O3. The van der Waals surface area contributed by atoms with Crippen LogP contribution in [0.4, 0.5) is 0 Å². The highest BCUT2D eigenvalue weighted by Gasteiger charge is 2.34. The Kier molecular flexibility index (Phi) is 5.70. The van der Waals surface area contributed by atoms with Crippen molar-refractivity contribution in [3.63, 3.8) is 0 Å². The topological polar surface area (TPSA) is 84.4 Å². The molecule has 30 heavy (non-hydrogen) atoms. The largest absolute Gasteiger partial charge is 0.474 e. The van der Waals surface area contributed by atoms with Crippen molar-refractivity contribution in [1.82, 2.24) is 20.2 Å². The lowest BCUT2D eigenvalue weighted by molar-refractivity contribution is -0.120. The van der Waals surface area contributed by atoms with Crippen molar-refractivity contribution in [3.8, 4) is 5.88 Å². The van der Waals surface area contributed by atoms with E-state index in [9.17, 15) is 9.59 Å². The van der Waals surface area contributed by atoms with Crippen LogP contribution in [0.25, 0.3) is 0 Å². The summed E-state index contributed by atoms with van der Waals surface area (Å²) in [6.07, 6.45) is 7.27. The summed E-state index contributed by atoms with van der Waals surface area (Å²) in [6.45, 7) is 6.89. The number of carbonyl (C=O) groups is 2. The lowest BCUT2D eigenvalue weighted by Crippen LogP contribution is -2.28. The predicted octanol–water partition coefficient (Wildman–Crippen LogP) is 3.11. The molecule has 158 valence electrons. The summed E-state index contributed by atoms with van der Waals surface area (Å²) in [7, 11) is 0. The van der Waals surface area contributed by atoms with Gasteiger partial charge in [0.1, 0.15) is 6.10 Å². The van der Waals surface area contributed by atoms with E-state index in [4.69, 9.17) is 4.74 Å². The lowest BCUT2D eigenvalue weighted by Gasteiger charge is -2.28. The van der Waals surface area contributed by atoms with E-state index < -0.39 is 0 Å². The van der Waals surface area contributed by atoms with Crippen LogP contribution in [0.1, 0.15) is 71.9 Å². The zero-order valence-corrected chi connectivity index (χ0v) is 17.8. The van der Waals surface area contributed by atoms with Crippen molar-refractivity contribution in [2.75, 3.05) is 6.54 Å². The van der Waals surface area contributed by atoms with Gasteiger partial charge < -0.3 is 15.0 Å². The van der Waals surface area contributed by atoms with E-state index in [1.54, 1.807) is 18.5 Å². The van der Waals surface area contributed by atoms with Gasteiger partial charge in [0.25, 0.3) is 5.91 Å². The van der Waals surface area contributed by atoms with E-state index in [-0.39, 0.29) is 30.4 Å². The Morgan fingerprint density at radius 3 is 2.83 bits per heavy atom. The fourth-order valence-corrected chi connectivity index (χ4v) is 3.95. The molecule has 7 heteroatoms. The van der Waals surface area contributed by atoms with Crippen LogP contribution in [0.3, 0.4) is 0 Å². The number of nitrogens with one attached hydrogen (secondary N) is 1. The van der Waals surface area contributed by atoms with Crippen molar-refractivity contribution in [1.29, 1.82) is 0 Å². The fraction of sp³-hybridized carbons (Fsp3) is 0.478. The minimum Gasteiger partial charge on any atom is -0.474 e. The van der Waals surface area contributed by atoms with Crippen molar-refractivity contribution in [2.24, 2.45) is 0 Å². The van der Waals surface area contributed by atoms with Gasteiger partial charge in [-0.25, -0.2) is 4.98 Å². The Labute approximate surface area is 176 Å². The van der Waals surface area contributed by atoms with Crippen molar-refractivity contribution >= 4 is 11.8 Å². The van der Waals surface area contributed by atoms with Crippen LogP contribution in [-0.4, -0.2) is 39.3 Å². The van der Waals surface area contributed by atoms with Gasteiger partial charge in [-0.1, -0.05) is 0 Å².